The Morgan fingerprint density at radius 1 is 1.00 bits per heavy atom. The Balaban J connectivity index is 2.30. The van der Waals surface area contributed by atoms with Crippen molar-refractivity contribution >= 4 is 7.98 Å². The van der Waals surface area contributed by atoms with Gasteiger partial charge in [-0.05, 0) is 52.9 Å². The molecule has 1 heterocycles. The molecule has 1 saturated heterocycles. The minimum atomic E-state index is 0.730. The summed E-state index contributed by atoms with van der Waals surface area (Å²) in [4.78, 5) is 5.03. The van der Waals surface area contributed by atoms with Crippen molar-refractivity contribution in [2.24, 2.45) is 0 Å². The Morgan fingerprint density at radius 3 is 1.92 bits per heavy atom. The fraction of sp³-hybridized carbons (Fsp3) is 1.00. The van der Waals surface area contributed by atoms with E-state index in [0.717, 1.165) is 6.04 Å². The van der Waals surface area contributed by atoms with Crippen LogP contribution in [-0.2, 0) is 0 Å². The van der Waals surface area contributed by atoms with Crippen LogP contribution in [0.2, 0.25) is 0 Å². The van der Waals surface area contributed by atoms with Gasteiger partial charge in [0.05, 0.1) is 0 Å². The third kappa shape index (κ3) is 3.15. The highest BCUT2D eigenvalue weighted by Crippen LogP contribution is 2.05. The highest BCUT2D eigenvalue weighted by atomic mass is 15.2. The van der Waals surface area contributed by atoms with E-state index in [1.165, 1.54) is 39.0 Å². The van der Waals surface area contributed by atoms with E-state index in [-0.39, 0.29) is 0 Å². The normalized spacial score (nSPS) is 23.9. The van der Waals surface area contributed by atoms with Gasteiger partial charge in [0.1, 0.15) is 0 Å². The smallest absolute Gasteiger partial charge is 0.185 e. The molecule has 1 aliphatic rings. The molecule has 1 rings (SSSR count). The van der Waals surface area contributed by atoms with Crippen LogP contribution in [0.25, 0.3) is 0 Å². The van der Waals surface area contributed by atoms with Crippen LogP contribution in [0.4, 0.5) is 0 Å². The van der Waals surface area contributed by atoms with Gasteiger partial charge in [0.2, 0.25) is 0 Å². The molecular weight excluding hydrogens is 147 g/mol. The maximum absolute atomic E-state index is 2.59. The van der Waals surface area contributed by atoms with Gasteiger partial charge in [-0.25, -0.2) is 0 Å². The molecule has 0 unspecified atom stereocenters. The number of rotatable bonds is 1. The molecule has 12 heavy (non-hydrogen) atoms. The molecule has 1 fully saturated rings. The predicted octanol–water partition coefficient (Wildman–Crippen LogP) is 0.341. The van der Waals surface area contributed by atoms with Gasteiger partial charge >= 0.3 is 0 Å². The quantitative estimate of drug-likeness (QED) is 0.521. The molecule has 0 amide bonds. The lowest BCUT2D eigenvalue weighted by Gasteiger charge is -2.31. The van der Waals surface area contributed by atoms with Gasteiger partial charge < -0.3 is 9.71 Å². The zero-order valence-corrected chi connectivity index (χ0v) is 8.71. The lowest BCUT2D eigenvalue weighted by molar-refractivity contribution is 0.189. The SMILES string of the molecule is BN1CCCN(C(C)C)CCC1. The monoisotopic (exact) mass is 168 g/mol. The van der Waals surface area contributed by atoms with E-state index in [1.807, 2.05) is 0 Å². The van der Waals surface area contributed by atoms with Crippen LogP contribution in [0, 0.1) is 0 Å². The second kappa shape index (κ2) is 4.88. The molecule has 0 aromatic rings. The zero-order valence-electron chi connectivity index (χ0n) is 8.71. The highest BCUT2D eigenvalue weighted by Gasteiger charge is 2.11. The summed E-state index contributed by atoms with van der Waals surface area (Å²) in [7, 11) is 2.23. The topological polar surface area (TPSA) is 6.48 Å². The third-order valence-corrected chi connectivity index (χ3v) is 2.70. The van der Waals surface area contributed by atoms with Crippen LogP contribution in [-0.4, -0.2) is 49.9 Å². The molecule has 0 saturated carbocycles. The zero-order chi connectivity index (χ0) is 8.97. The molecular formula is C9H21BN2. The van der Waals surface area contributed by atoms with Gasteiger partial charge in [0, 0.05) is 6.04 Å². The molecule has 0 radical (unpaired) electrons. The predicted molar refractivity (Wildman–Crippen MR) is 56.1 cm³/mol. The van der Waals surface area contributed by atoms with Crippen LogP contribution in [0.15, 0.2) is 0 Å². The molecule has 0 aromatic carbocycles. The van der Waals surface area contributed by atoms with Crippen molar-refractivity contribution in [1.82, 2.24) is 9.71 Å². The van der Waals surface area contributed by atoms with Crippen LogP contribution in [0.5, 0.6) is 0 Å². The fourth-order valence-corrected chi connectivity index (χ4v) is 1.83. The van der Waals surface area contributed by atoms with E-state index in [0.29, 0.717) is 0 Å². The van der Waals surface area contributed by atoms with Gasteiger partial charge in [0.25, 0.3) is 0 Å². The van der Waals surface area contributed by atoms with Crippen molar-refractivity contribution in [2.45, 2.75) is 32.7 Å². The second-order valence-corrected chi connectivity index (χ2v) is 4.14. The van der Waals surface area contributed by atoms with Crippen molar-refractivity contribution < 1.29 is 0 Å². The van der Waals surface area contributed by atoms with E-state index in [9.17, 15) is 0 Å². The van der Waals surface area contributed by atoms with Crippen molar-refractivity contribution in [1.29, 1.82) is 0 Å². The largest absolute Gasteiger partial charge is 0.349 e. The maximum Gasteiger partial charge on any atom is 0.185 e. The summed E-state index contributed by atoms with van der Waals surface area (Å²) < 4.78 is 0. The van der Waals surface area contributed by atoms with Gasteiger partial charge in [-0.3, -0.25) is 0 Å². The van der Waals surface area contributed by atoms with Crippen LogP contribution in [0.3, 0.4) is 0 Å². The lowest BCUT2D eigenvalue weighted by atomic mass is 10.1. The number of nitrogens with zero attached hydrogens (tertiary/aromatic N) is 2. The van der Waals surface area contributed by atoms with Crippen LogP contribution in [0.1, 0.15) is 26.7 Å². The number of hydrogen-bond acceptors (Lipinski definition) is 2. The highest BCUT2D eigenvalue weighted by molar-refractivity contribution is 6.04. The summed E-state index contributed by atoms with van der Waals surface area (Å²) in [6, 6.07) is 0.730. The van der Waals surface area contributed by atoms with Crippen molar-refractivity contribution in [3.63, 3.8) is 0 Å². The van der Waals surface area contributed by atoms with Crippen LogP contribution < -0.4 is 0 Å². The lowest BCUT2D eigenvalue weighted by Crippen LogP contribution is -2.39. The fourth-order valence-electron chi connectivity index (χ4n) is 1.83. The number of hydrogen-bond donors (Lipinski definition) is 0. The third-order valence-electron chi connectivity index (χ3n) is 2.70. The summed E-state index contributed by atoms with van der Waals surface area (Å²) >= 11 is 0. The standard InChI is InChI=1S/C9H21BN2/c1-9(2)11-5-3-7-12(10)8-4-6-11/h9H,3-8,10H2,1-2H3. The van der Waals surface area contributed by atoms with Gasteiger partial charge in [-0.2, -0.15) is 0 Å². The Hall–Kier alpha value is -0.0151. The summed E-state index contributed by atoms with van der Waals surface area (Å²) in [5.41, 5.74) is 0. The van der Waals surface area contributed by atoms with E-state index in [2.05, 4.69) is 31.5 Å². The Morgan fingerprint density at radius 2 is 1.50 bits per heavy atom. The minimum Gasteiger partial charge on any atom is -0.349 e. The average Bonchev–Trinajstić information content (AvgIpc) is 1.95. The van der Waals surface area contributed by atoms with E-state index in [1.54, 1.807) is 0 Å². The first-order chi connectivity index (χ1) is 5.70. The minimum absolute atomic E-state index is 0.730. The second-order valence-electron chi connectivity index (χ2n) is 4.14. The Kier molecular flexibility index (Phi) is 4.09. The van der Waals surface area contributed by atoms with Crippen molar-refractivity contribution in [3.05, 3.63) is 0 Å². The molecule has 0 atom stereocenters. The van der Waals surface area contributed by atoms with Gasteiger partial charge in [-0.15, -0.1) is 0 Å². The average molecular weight is 168 g/mol. The molecule has 0 bridgehead atoms. The first-order valence-electron chi connectivity index (χ1n) is 5.13. The van der Waals surface area contributed by atoms with Crippen LogP contribution >= 0.6 is 0 Å². The molecule has 70 valence electrons. The molecule has 0 N–H and O–H groups in total. The first-order valence-corrected chi connectivity index (χ1v) is 5.13. The Labute approximate surface area is 77.3 Å². The molecule has 0 spiro atoms. The summed E-state index contributed by atoms with van der Waals surface area (Å²) in [6.07, 6.45) is 2.66. The van der Waals surface area contributed by atoms with Gasteiger partial charge in [0.15, 0.2) is 7.98 Å². The molecule has 0 aliphatic carbocycles. The first kappa shape index (κ1) is 10.1. The molecule has 2 nitrogen and oxygen atoms in total. The summed E-state index contributed by atoms with van der Waals surface area (Å²) in [6.45, 7) is 9.69. The maximum atomic E-state index is 2.59. The molecule has 1 aliphatic heterocycles. The van der Waals surface area contributed by atoms with E-state index < -0.39 is 0 Å². The van der Waals surface area contributed by atoms with Crippen molar-refractivity contribution in [3.8, 4) is 0 Å². The molecule has 0 aromatic heterocycles. The Bertz CT molecular complexity index is 118. The van der Waals surface area contributed by atoms with E-state index in [4.69, 9.17) is 0 Å². The summed E-state index contributed by atoms with van der Waals surface area (Å²) in [5.74, 6) is 0. The summed E-state index contributed by atoms with van der Waals surface area (Å²) in [5, 5.41) is 0. The van der Waals surface area contributed by atoms with Gasteiger partial charge in [-0.1, -0.05) is 0 Å². The molecule has 3 heteroatoms. The van der Waals surface area contributed by atoms with E-state index >= 15 is 0 Å². The van der Waals surface area contributed by atoms with Crippen molar-refractivity contribution in [2.75, 3.05) is 26.2 Å².